The topological polar surface area (TPSA) is 71.5 Å². The molecule has 0 aliphatic heterocycles. The first kappa shape index (κ1) is 14.8. The van der Waals surface area contributed by atoms with Crippen LogP contribution in [0.3, 0.4) is 0 Å². The second-order valence-electron chi connectivity index (χ2n) is 5.36. The molecule has 0 bridgehead atoms. The van der Waals surface area contributed by atoms with E-state index in [9.17, 15) is 9.90 Å². The number of aromatic nitrogens is 1. The normalized spacial score (nSPS) is 22.4. The van der Waals surface area contributed by atoms with Gasteiger partial charge in [0.05, 0.1) is 12.6 Å². The molecule has 1 aliphatic rings. The zero-order valence-electron chi connectivity index (χ0n) is 11.8. The zero-order chi connectivity index (χ0) is 14.4. The van der Waals surface area contributed by atoms with Gasteiger partial charge in [0, 0.05) is 6.20 Å². The van der Waals surface area contributed by atoms with Gasteiger partial charge in [-0.1, -0.05) is 19.8 Å². The van der Waals surface area contributed by atoms with E-state index in [1.807, 2.05) is 0 Å². The largest absolute Gasteiger partial charge is 0.506 e. The number of nitrogens with one attached hydrogen (secondary N) is 1. The Bertz CT molecular complexity index is 450. The minimum Gasteiger partial charge on any atom is -0.506 e. The Morgan fingerprint density at radius 3 is 3.05 bits per heavy atom. The SMILES string of the molecule is CC1CCCCC1OCC(=O)NCc1ncccc1O. The van der Waals surface area contributed by atoms with Crippen molar-refractivity contribution in [2.75, 3.05) is 6.61 Å². The van der Waals surface area contributed by atoms with E-state index in [1.165, 1.54) is 19.3 Å². The predicted molar refractivity (Wildman–Crippen MR) is 75.1 cm³/mol. The van der Waals surface area contributed by atoms with Crippen LogP contribution in [0.25, 0.3) is 0 Å². The molecular formula is C15H22N2O3. The Morgan fingerprint density at radius 1 is 1.50 bits per heavy atom. The first-order valence-corrected chi connectivity index (χ1v) is 7.18. The highest BCUT2D eigenvalue weighted by atomic mass is 16.5. The van der Waals surface area contributed by atoms with Crippen molar-refractivity contribution in [2.45, 2.75) is 45.3 Å². The molecule has 1 saturated carbocycles. The molecule has 110 valence electrons. The number of carbonyl (C=O) groups excluding carboxylic acids is 1. The van der Waals surface area contributed by atoms with E-state index in [-0.39, 0.29) is 30.9 Å². The highest BCUT2D eigenvalue weighted by Crippen LogP contribution is 2.26. The van der Waals surface area contributed by atoms with Crippen molar-refractivity contribution in [1.82, 2.24) is 10.3 Å². The molecule has 1 heterocycles. The van der Waals surface area contributed by atoms with Crippen molar-refractivity contribution in [3.05, 3.63) is 24.0 Å². The van der Waals surface area contributed by atoms with Gasteiger partial charge < -0.3 is 15.2 Å². The molecule has 0 radical (unpaired) electrons. The van der Waals surface area contributed by atoms with Gasteiger partial charge in [0.15, 0.2) is 0 Å². The second kappa shape index (κ2) is 7.24. The summed E-state index contributed by atoms with van der Waals surface area (Å²) in [6.07, 6.45) is 6.42. The molecule has 1 aromatic heterocycles. The van der Waals surface area contributed by atoms with E-state index in [0.29, 0.717) is 11.6 Å². The van der Waals surface area contributed by atoms with Gasteiger partial charge in [-0.05, 0) is 30.9 Å². The first-order valence-electron chi connectivity index (χ1n) is 7.18. The molecule has 5 heteroatoms. The van der Waals surface area contributed by atoms with Crippen molar-refractivity contribution in [1.29, 1.82) is 0 Å². The Kier molecular flexibility index (Phi) is 5.35. The van der Waals surface area contributed by atoms with Gasteiger partial charge in [-0.25, -0.2) is 0 Å². The maximum Gasteiger partial charge on any atom is 0.246 e. The summed E-state index contributed by atoms with van der Waals surface area (Å²) in [4.78, 5) is 15.7. The molecule has 1 aliphatic carbocycles. The predicted octanol–water partition coefficient (Wildman–Crippen LogP) is 2.00. The molecule has 20 heavy (non-hydrogen) atoms. The molecule has 1 amide bonds. The van der Waals surface area contributed by atoms with Crippen molar-refractivity contribution >= 4 is 5.91 Å². The number of nitrogens with zero attached hydrogens (tertiary/aromatic N) is 1. The van der Waals surface area contributed by atoms with Crippen LogP contribution in [0.2, 0.25) is 0 Å². The fourth-order valence-corrected chi connectivity index (χ4v) is 2.51. The fourth-order valence-electron chi connectivity index (χ4n) is 2.51. The average molecular weight is 278 g/mol. The molecular weight excluding hydrogens is 256 g/mol. The van der Waals surface area contributed by atoms with Crippen LogP contribution in [0.15, 0.2) is 18.3 Å². The minimum absolute atomic E-state index is 0.0720. The summed E-state index contributed by atoms with van der Waals surface area (Å²) in [6.45, 7) is 2.46. The Balaban J connectivity index is 1.71. The summed E-state index contributed by atoms with van der Waals surface area (Å²) in [5.41, 5.74) is 0.465. The number of carbonyl (C=O) groups is 1. The molecule has 5 nitrogen and oxygen atoms in total. The van der Waals surface area contributed by atoms with Crippen molar-refractivity contribution < 1.29 is 14.6 Å². The lowest BCUT2D eigenvalue weighted by atomic mass is 9.88. The van der Waals surface area contributed by atoms with Gasteiger partial charge in [0.2, 0.25) is 5.91 Å². The van der Waals surface area contributed by atoms with Crippen LogP contribution in [0, 0.1) is 5.92 Å². The summed E-state index contributed by atoms with van der Waals surface area (Å²) >= 11 is 0. The van der Waals surface area contributed by atoms with E-state index >= 15 is 0 Å². The van der Waals surface area contributed by atoms with Crippen LogP contribution >= 0.6 is 0 Å². The Hall–Kier alpha value is -1.62. The van der Waals surface area contributed by atoms with Gasteiger partial charge >= 0.3 is 0 Å². The van der Waals surface area contributed by atoms with E-state index in [2.05, 4.69) is 17.2 Å². The summed E-state index contributed by atoms with van der Waals surface area (Å²) in [5.74, 6) is 0.443. The smallest absolute Gasteiger partial charge is 0.246 e. The van der Waals surface area contributed by atoms with E-state index in [0.717, 1.165) is 6.42 Å². The lowest BCUT2D eigenvalue weighted by Crippen LogP contribution is -2.33. The molecule has 1 fully saturated rings. The highest BCUT2D eigenvalue weighted by molar-refractivity contribution is 5.77. The summed E-state index contributed by atoms with van der Waals surface area (Å²) in [5, 5.41) is 12.3. The van der Waals surface area contributed by atoms with Crippen molar-refractivity contribution in [3.63, 3.8) is 0 Å². The molecule has 1 aromatic rings. The highest BCUT2D eigenvalue weighted by Gasteiger charge is 2.22. The van der Waals surface area contributed by atoms with Crippen molar-refractivity contribution in [3.8, 4) is 5.75 Å². The number of amides is 1. The molecule has 2 atom stereocenters. The molecule has 2 unspecified atom stereocenters. The molecule has 2 N–H and O–H groups in total. The van der Waals surface area contributed by atoms with Crippen LogP contribution in [-0.2, 0) is 16.1 Å². The maximum atomic E-state index is 11.7. The van der Waals surface area contributed by atoms with Crippen molar-refractivity contribution in [2.24, 2.45) is 5.92 Å². The fraction of sp³-hybridized carbons (Fsp3) is 0.600. The number of pyridine rings is 1. The number of hydrogen-bond acceptors (Lipinski definition) is 4. The third-order valence-electron chi connectivity index (χ3n) is 3.78. The lowest BCUT2D eigenvalue weighted by Gasteiger charge is -2.28. The van der Waals surface area contributed by atoms with E-state index in [4.69, 9.17) is 4.74 Å². The molecule has 0 saturated heterocycles. The van der Waals surface area contributed by atoms with Gasteiger partial charge in [0.25, 0.3) is 0 Å². The molecule has 0 aromatic carbocycles. The number of rotatable bonds is 5. The van der Waals surface area contributed by atoms with Crippen LogP contribution in [0.4, 0.5) is 0 Å². The zero-order valence-corrected chi connectivity index (χ0v) is 11.8. The van der Waals surface area contributed by atoms with E-state index < -0.39 is 0 Å². The quantitative estimate of drug-likeness (QED) is 0.864. The number of aromatic hydroxyl groups is 1. The number of ether oxygens (including phenoxy) is 1. The lowest BCUT2D eigenvalue weighted by molar-refractivity contribution is -0.129. The monoisotopic (exact) mass is 278 g/mol. The third-order valence-corrected chi connectivity index (χ3v) is 3.78. The number of hydrogen-bond donors (Lipinski definition) is 2. The van der Waals surface area contributed by atoms with Gasteiger partial charge in [-0.2, -0.15) is 0 Å². The van der Waals surface area contributed by atoms with Gasteiger partial charge in [-0.3, -0.25) is 9.78 Å². The van der Waals surface area contributed by atoms with Crippen LogP contribution in [0.1, 0.15) is 38.3 Å². The summed E-state index contributed by atoms with van der Waals surface area (Å²) < 4.78 is 5.68. The summed E-state index contributed by atoms with van der Waals surface area (Å²) in [7, 11) is 0. The van der Waals surface area contributed by atoms with Crippen LogP contribution in [-0.4, -0.2) is 28.7 Å². The average Bonchev–Trinajstić information content (AvgIpc) is 2.45. The van der Waals surface area contributed by atoms with Gasteiger partial charge in [-0.15, -0.1) is 0 Å². The van der Waals surface area contributed by atoms with Gasteiger partial charge in [0.1, 0.15) is 18.1 Å². The van der Waals surface area contributed by atoms with Crippen LogP contribution in [0.5, 0.6) is 5.75 Å². The maximum absolute atomic E-state index is 11.7. The Labute approximate surface area is 119 Å². The third kappa shape index (κ3) is 4.20. The standard InChI is InChI=1S/C15H22N2O3/c1-11-5-2-3-7-14(11)20-10-15(19)17-9-12-13(18)6-4-8-16-12/h4,6,8,11,14,18H,2-3,5,7,9-10H2,1H3,(H,17,19). The Morgan fingerprint density at radius 2 is 2.30 bits per heavy atom. The molecule has 0 spiro atoms. The minimum atomic E-state index is -0.173. The van der Waals surface area contributed by atoms with E-state index in [1.54, 1.807) is 18.3 Å². The second-order valence-corrected chi connectivity index (χ2v) is 5.36. The molecule has 2 rings (SSSR count). The first-order chi connectivity index (χ1) is 9.66. The van der Waals surface area contributed by atoms with Crippen LogP contribution < -0.4 is 5.32 Å². The summed E-state index contributed by atoms with van der Waals surface area (Å²) in [6, 6.07) is 3.20.